The number of benzene rings is 1. The predicted octanol–water partition coefficient (Wildman–Crippen LogP) is 1.61. The molecule has 1 amide bonds. The molecule has 5 nitrogen and oxygen atoms in total. The lowest BCUT2D eigenvalue weighted by Gasteiger charge is -2.22. The third-order valence-corrected chi connectivity index (χ3v) is 3.47. The summed E-state index contributed by atoms with van der Waals surface area (Å²) in [6.07, 6.45) is -0.120. The normalized spacial score (nSPS) is 18.2. The van der Waals surface area contributed by atoms with Crippen molar-refractivity contribution in [2.45, 2.75) is 38.8 Å². The van der Waals surface area contributed by atoms with Gasteiger partial charge >= 0.3 is 5.97 Å². The van der Waals surface area contributed by atoms with Crippen molar-refractivity contribution in [3.05, 3.63) is 29.8 Å². The van der Waals surface area contributed by atoms with E-state index in [0.29, 0.717) is 6.42 Å². The average Bonchev–Trinajstić information content (AvgIpc) is 2.81. The van der Waals surface area contributed by atoms with Crippen LogP contribution < -0.4 is 10.1 Å². The smallest absolute Gasteiger partial charge is 0.305 e. The standard InChI is InChI=1S/C15H19NO4/c1-9(2)11(8-14(17)18)16-15(19)13-7-10-5-3-4-6-12(10)20-13/h3-6,9,11,13H,7-8H2,1-2H3,(H,16,19)(H,17,18). The summed E-state index contributed by atoms with van der Waals surface area (Å²) in [6.45, 7) is 3.77. The number of ether oxygens (including phenoxy) is 1. The Kier molecular flexibility index (Phi) is 4.27. The monoisotopic (exact) mass is 277 g/mol. The van der Waals surface area contributed by atoms with E-state index in [-0.39, 0.29) is 24.3 Å². The van der Waals surface area contributed by atoms with Crippen LogP contribution in [0.3, 0.4) is 0 Å². The van der Waals surface area contributed by atoms with E-state index in [2.05, 4.69) is 5.32 Å². The molecule has 0 saturated heterocycles. The Morgan fingerprint density at radius 2 is 2.10 bits per heavy atom. The highest BCUT2D eigenvalue weighted by atomic mass is 16.5. The average molecular weight is 277 g/mol. The van der Waals surface area contributed by atoms with Crippen LogP contribution in [0.1, 0.15) is 25.8 Å². The van der Waals surface area contributed by atoms with Gasteiger partial charge in [-0.1, -0.05) is 32.0 Å². The molecule has 5 heteroatoms. The number of carbonyl (C=O) groups excluding carboxylic acids is 1. The lowest BCUT2D eigenvalue weighted by molar-refractivity contribution is -0.138. The van der Waals surface area contributed by atoms with Crippen LogP contribution in [-0.2, 0) is 16.0 Å². The van der Waals surface area contributed by atoms with E-state index in [4.69, 9.17) is 9.84 Å². The number of hydrogen-bond donors (Lipinski definition) is 2. The molecular formula is C15H19NO4. The molecule has 0 fully saturated rings. The maximum absolute atomic E-state index is 12.2. The van der Waals surface area contributed by atoms with Crippen LogP contribution in [0.15, 0.2) is 24.3 Å². The molecule has 2 N–H and O–H groups in total. The lowest BCUT2D eigenvalue weighted by atomic mass is 10.0. The fourth-order valence-electron chi connectivity index (χ4n) is 2.25. The SMILES string of the molecule is CC(C)C(CC(=O)O)NC(=O)C1Cc2ccccc2O1. The van der Waals surface area contributed by atoms with E-state index in [9.17, 15) is 9.59 Å². The van der Waals surface area contributed by atoms with Crippen molar-refractivity contribution >= 4 is 11.9 Å². The quantitative estimate of drug-likeness (QED) is 0.857. The van der Waals surface area contributed by atoms with Crippen LogP contribution >= 0.6 is 0 Å². The minimum absolute atomic E-state index is 0.0545. The van der Waals surface area contributed by atoms with E-state index < -0.39 is 12.1 Å². The Morgan fingerprint density at radius 1 is 1.40 bits per heavy atom. The van der Waals surface area contributed by atoms with Gasteiger partial charge in [-0.15, -0.1) is 0 Å². The van der Waals surface area contributed by atoms with Crippen LogP contribution in [0, 0.1) is 5.92 Å². The highest BCUT2D eigenvalue weighted by molar-refractivity contribution is 5.83. The Hall–Kier alpha value is -2.04. The molecule has 1 aliphatic rings. The van der Waals surface area contributed by atoms with Gasteiger partial charge in [0.2, 0.25) is 0 Å². The number of para-hydroxylation sites is 1. The molecule has 1 aromatic carbocycles. The maximum Gasteiger partial charge on any atom is 0.305 e. The zero-order chi connectivity index (χ0) is 14.7. The third-order valence-electron chi connectivity index (χ3n) is 3.47. The summed E-state index contributed by atoms with van der Waals surface area (Å²) in [5.41, 5.74) is 1.01. The van der Waals surface area contributed by atoms with Crippen LogP contribution in [0.4, 0.5) is 0 Å². The predicted molar refractivity (Wildman–Crippen MR) is 73.6 cm³/mol. The number of carboxylic acid groups (broad SMARTS) is 1. The van der Waals surface area contributed by atoms with E-state index in [1.165, 1.54) is 0 Å². The maximum atomic E-state index is 12.2. The molecule has 1 aliphatic heterocycles. The van der Waals surface area contributed by atoms with Crippen molar-refractivity contribution in [2.24, 2.45) is 5.92 Å². The molecule has 2 rings (SSSR count). The molecule has 0 saturated carbocycles. The van der Waals surface area contributed by atoms with Crippen molar-refractivity contribution in [1.82, 2.24) is 5.32 Å². The second kappa shape index (κ2) is 5.94. The van der Waals surface area contributed by atoms with Gasteiger partial charge < -0.3 is 15.2 Å². The van der Waals surface area contributed by atoms with E-state index in [1.807, 2.05) is 38.1 Å². The molecule has 1 heterocycles. The van der Waals surface area contributed by atoms with Crippen molar-refractivity contribution in [3.63, 3.8) is 0 Å². The van der Waals surface area contributed by atoms with Crippen molar-refractivity contribution < 1.29 is 19.4 Å². The first kappa shape index (κ1) is 14.4. The topological polar surface area (TPSA) is 75.6 Å². The molecule has 2 unspecified atom stereocenters. The second-order valence-electron chi connectivity index (χ2n) is 5.38. The van der Waals surface area contributed by atoms with Gasteiger partial charge in [0.05, 0.1) is 6.42 Å². The first-order chi connectivity index (χ1) is 9.47. The lowest BCUT2D eigenvalue weighted by Crippen LogP contribution is -2.46. The number of carbonyl (C=O) groups is 2. The minimum atomic E-state index is -0.917. The summed E-state index contributed by atoms with van der Waals surface area (Å²) in [5, 5.41) is 11.7. The summed E-state index contributed by atoms with van der Waals surface area (Å²) in [6, 6.07) is 7.15. The van der Waals surface area contributed by atoms with Gasteiger partial charge in [0.15, 0.2) is 6.10 Å². The van der Waals surface area contributed by atoms with E-state index in [1.54, 1.807) is 0 Å². The summed E-state index contributed by atoms with van der Waals surface area (Å²) in [7, 11) is 0. The highest BCUT2D eigenvalue weighted by Crippen LogP contribution is 2.28. The first-order valence-electron chi connectivity index (χ1n) is 6.74. The fraction of sp³-hybridized carbons (Fsp3) is 0.467. The third kappa shape index (κ3) is 3.29. The summed E-state index contributed by atoms with van der Waals surface area (Å²) in [5.74, 6) is -0.383. The molecule has 20 heavy (non-hydrogen) atoms. The Balaban J connectivity index is 1.97. The van der Waals surface area contributed by atoms with Gasteiger partial charge in [-0.25, -0.2) is 0 Å². The van der Waals surface area contributed by atoms with Gasteiger partial charge in [-0.05, 0) is 17.5 Å². The molecule has 0 bridgehead atoms. The van der Waals surface area contributed by atoms with Gasteiger partial charge in [0.25, 0.3) is 5.91 Å². The Bertz CT molecular complexity index is 487. The molecule has 0 aromatic heterocycles. The summed E-state index contributed by atoms with van der Waals surface area (Å²) < 4.78 is 5.59. The molecule has 1 aromatic rings. The molecule has 0 spiro atoms. The summed E-state index contributed by atoms with van der Waals surface area (Å²) in [4.78, 5) is 23.0. The van der Waals surface area contributed by atoms with Gasteiger partial charge in [-0.3, -0.25) is 9.59 Å². The molecular weight excluding hydrogens is 258 g/mol. The second-order valence-corrected chi connectivity index (χ2v) is 5.38. The van der Waals surface area contributed by atoms with Crippen LogP contribution in [-0.4, -0.2) is 29.1 Å². The number of aliphatic carboxylic acids is 1. The number of rotatable bonds is 5. The van der Waals surface area contributed by atoms with Crippen molar-refractivity contribution in [3.8, 4) is 5.75 Å². The minimum Gasteiger partial charge on any atom is -0.481 e. The first-order valence-corrected chi connectivity index (χ1v) is 6.74. The Labute approximate surface area is 117 Å². The number of fused-ring (bicyclic) bond motifs is 1. The molecule has 2 atom stereocenters. The highest BCUT2D eigenvalue weighted by Gasteiger charge is 2.31. The number of carboxylic acids is 1. The zero-order valence-electron chi connectivity index (χ0n) is 11.6. The van der Waals surface area contributed by atoms with Crippen LogP contribution in [0.5, 0.6) is 5.75 Å². The van der Waals surface area contributed by atoms with E-state index in [0.717, 1.165) is 11.3 Å². The van der Waals surface area contributed by atoms with Crippen molar-refractivity contribution in [2.75, 3.05) is 0 Å². The van der Waals surface area contributed by atoms with Gasteiger partial charge in [-0.2, -0.15) is 0 Å². The Morgan fingerprint density at radius 3 is 2.70 bits per heavy atom. The van der Waals surface area contributed by atoms with Gasteiger partial charge in [0.1, 0.15) is 5.75 Å². The summed E-state index contributed by atoms with van der Waals surface area (Å²) >= 11 is 0. The van der Waals surface area contributed by atoms with Gasteiger partial charge in [0, 0.05) is 12.5 Å². The zero-order valence-corrected chi connectivity index (χ0v) is 11.6. The number of nitrogens with one attached hydrogen (secondary N) is 1. The molecule has 108 valence electrons. The van der Waals surface area contributed by atoms with Crippen LogP contribution in [0.2, 0.25) is 0 Å². The van der Waals surface area contributed by atoms with E-state index >= 15 is 0 Å². The largest absolute Gasteiger partial charge is 0.481 e. The molecule has 0 radical (unpaired) electrons. The fourth-order valence-corrected chi connectivity index (χ4v) is 2.25. The number of amides is 1. The van der Waals surface area contributed by atoms with Crippen LogP contribution in [0.25, 0.3) is 0 Å². The van der Waals surface area contributed by atoms with Crippen molar-refractivity contribution in [1.29, 1.82) is 0 Å². The number of hydrogen-bond acceptors (Lipinski definition) is 3. The molecule has 0 aliphatic carbocycles.